The number of carbonyl (C=O) groups is 1. The summed E-state index contributed by atoms with van der Waals surface area (Å²) in [7, 11) is 0. The molecule has 2 rings (SSSR count). The van der Waals surface area contributed by atoms with Crippen LogP contribution in [0.3, 0.4) is 0 Å². The molecule has 0 aliphatic carbocycles. The van der Waals surface area contributed by atoms with E-state index in [0.29, 0.717) is 10.7 Å². The number of carbonyl (C=O) groups excluding carboxylic acids is 1. The van der Waals surface area contributed by atoms with Crippen molar-refractivity contribution in [2.75, 3.05) is 17.2 Å². The molecule has 0 fully saturated rings. The minimum atomic E-state index is -0.453. The van der Waals surface area contributed by atoms with E-state index in [1.165, 1.54) is 17.3 Å². The second-order valence-corrected chi connectivity index (χ2v) is 4.70. The van der Waals surface area contributed by atoms with Gasteiger partial charge in [-0.1, -0.05) is 11.6 Å². The molecule has 0 saturated carbocycles. The van der Waals surface area contributed by atoms with Crippen LogP contribution in [0, 0.1) is 0 Å². The van der Waals surface area contributed by atoms with Crippen LogP contribution in [0.5, 0.6) is 0 Å². The smallest absolute Gasteiger partial charge is 0.249 e. The number of halogens is 1. The summed E-state index contributed by atoms with van der Waals surface area (Å²) in [5, 5.41) is 10.5. The van der Waals surface area contributed by atoms with Crippen LogP contribution in [-0.4, -0.2) is 27.2 Å². The highest BCUT2D eigenvalue weighted by Crippen LogP contribution is 2.26. The summed E-state index contributed by atoms with van der Waals surface area (Å²) >= 11 is 5.97. The largest absolute Gasteiger partial charge is 0.384 e. The van der Waals surface area contributed by atoms with E-state index in [-0.39, 0.29) is 5.91 Å². The summed E-state index contributed by atoms with van der Waals surface area (Å²) in [5.41, 5.74) is 1.48. The van der Waals surface area contributed by atoms with Gasteiger partial charge < -0.3 is 10.6 Å². The molecule has 0 radical (unpaired) electrons. The van der Waals surface area contributed by atoms with E-state index in [1.807, 2.05) is 13.0 Å². The van der Waals surface area contributed by atoms with Crippen LogP contribution in [0.4, 0.5) is 11.4 Å². The van der Waals surface area contributed by atoms with Crippen molar-refractivity contribution in [3.63, 3.8) is 0 Å². The Hall–Kier alpha value is -2.08. The van der Waals surface area contributed by atoms with Gasteiger partial charge in [-0.2, -0.15) is 5.10 Å². The molecule has 6 nitrogen and oxygen atoms in total. The second-order valence-electron chi connectivity index (χ2n) is 4.26. The maximum Gasteiger partial charge on any atom is 0.249 e. The average Bonchev–Trinajstić information content (AvgIpc) is 2.95. The molecule has 2 aromatic rings. The predicted molar refractivity (Wildman–Crippen MR) is 79.0 cm³/mol. The van der Waals surface area contributed by atoms with Gasteiger partial charge in [0.1, 0.15) is 18.7 Å². The molecule has 1 atom stereocenters. The summed E-state index contributed by atoms with van der Waals surface area (Å²) in [4.78, 5) is 16.0. The molecule has 0 aliphatic rings. The molecule has 1 aromatic heterocycles. The molecule has 1 aromatic carbocycles. The van der Waals surface area contributed by atoms with Gasteiger partial charge in [0.05, 0.1) is 11.4 Å². The van der Waals surface area contributed by atoms with E-state index in [0.717, 1.165) is 12.2 Å². The number of benzene rings is 1. The van der Waals surface area contributed by atoms with Gasteiger partial charge in [0.15, 0.2) is 0 Å². The normalized spacial score (nSPS) is 11.9. The lowest BCUT2D eigenvalue weighted by Gasteiger charge is -2.15. The predicted octanol–water partition coefficient (Wildman–Crippen LogP) is 2.56. The molecular weight excluding hydrogens is 278 g/mol. The third-order valence-corrected chi connectivity index (χ3v) is 3.05. The number of anilines is 2. The van der Waals surface area contributed by atoms with E-state index < -0.39 is 6.04 Å². The number of hydrogen-bond acceptors (Lipinski definition) is 4. The number of rotatable bonds is 5. The van der Waals surface area contributed by atoms with Crippen LogP contribution in [0.2, 0.25) is 5.02 Å². The van der Waals surface area contributed by atoms with Gasteiger partial charge in [-0.15, -0.1) is 0 Å². The first-order valence-corrected chi connectivity index (χ1v) is 6.68. The van der Waals surface area contributed by atoms with Crippen molar-refractivity contribution >= 4 is 28.9 Å². The Labute approximate surface area is 122 Å². The molecule has 2 N–H and O–H groups in total. The number of aromatic nitrogens is 3. The molecule has 1 unspecified atom stereocenters. The lowest BCUT2D eigenvalue weighted by molar-refractivity contribution is -0.119. The van der Waals surface area contributed by atoms with Crippen LogP contribution in [0.1, 0.15) is 19.9 Å². The van der Waals surface area contributed by atoms with E-state index in [4.69, 9.17) is 11.6 Å². The molecule has 0 saturated heterocycles. The van der Waals surface area contributed by atoms with Gasteiger partial charge in [0.2, 0.25) is 5.91 Å². The van der Waals surface area contributed by atoms with Crippen LogP contribution in [0.25, 0.3) is 0 Å². The Morgan fingerprint density at radius 3 is 2.90 bits per heavy atom. The van der Waals surface area contributed by atoms with Gasteiger partial charge in [0.25, 0.3) is 0 Å². The molecule has 7 heteroatoms. The van der Waals surface area contributed by atoms with Gasteiger partial charge in [-0.05, 0) is 32.0 Å². The molecular formula is C13H16ClN5O. The molecule has 20 heavy (non-hydrogen) atoms. The maximum atomic E-state index is 12.2. The standard InChI is InChI=1S/C13H16ClN5O/c1-3-16-11-5-4-10(14)6-12(11)18-13(20)9(2)19-8-15-7-17-19/h4-9,16H,3H2,1-2H3,(H,18,20). The van der Waals surface area contributed by atoms with Gasteiger partial charge in [-0.3, -0.25) is 4.79 Å². The van der Waals surface area contributed by atoms with Crippen LogP contribution < -0.4 is 10.6 Å². The Bertz CT molecular complexity index is 584. The van der Waals surface area contributed by atoms with Gasteiger partial charge in [0, 0.05) is 11.6 Å². The molecule has 1 amide bonds. The fourth-order valence-electron chi connectivity index (χ4n) is 1.74. The maximum absolute atomic E-state index is 12.2. The van der Waals surface area contributed by atoms with Crippen LogP contribution >= 0.6 is 11.6 Å². The van der Waals surface area contributed by atoms with Crippen molar-refractivity contribution in [2.24, 2.45) is 0 Å². The highest BCUT2D eigenvalue weighted by molar-refractivity contribution is 6.31. The molecule has 0 bridgehead atoms. The first-order chi connectivity index (χ1) is 9.61. The lowest BCUT2D eigenvalue weighted by Crippen LogP contribution is -2.24. The summed E-state index contributed by atoms with van der Waals surface area (Å²) in [6, 6.07) is 4.87. The molecule has 0 spiro atoms. The monoisotopic (exact) mass is 293 g/mol. The Kier molecular flexibility index (Phi) is 4.57. The van der Waals surface area contributed by atoms with Crippen molar-refractivity contribution < 1.29 is 4.79 Å². The zero-order chi connectivity index (χ0) is 14.5. The van der Waals surface area contributed by atoms with E-state index >= 15 is 0 Å². The Balaban J connectivity index is 2.16. The summed E-state index contributed by atoms with van der Waals surface area (Å²) < 4.78 is 1.49. The lowest BCUT2D eigenvalue weighted by atomic mass is 10.2. The first-order valence-electron chi connectivity index (χ1n) is 6.30. The Morgan fingerprint density at radius 2 is 2.25 bits per heavy atom. The number of nitrogens with zero attached hydrogens (tertiary/aromatic N) is 3. The molecule has 0 aliphatic heterocycles. The van der Waals surface area contributed by atoms with Gasteiger partial charge in [-0.25, -0.2) is 9.67 Å². The van der Waals surface area contributed by atoms with Gasteiger partial charge >= 0.3 is 0 Å². The quantitative estimate of drug-likeness (QED) is 0.889. The summed E-state index contributed by atoms with van der Waals surface area (Å²) in [6.45, 7) is 4.49. The number of amides is 1. The summed E-state index contributed by atoms with van der Waals surface area (Å²) in [6.07, 6.45) is 2.90. The Morgan fingerprint density at radius 1 is 1.45 bits per heavy atom. The van der Waals surface area contributed by atoms with Crippen LogP contribution in [0.15, 0.2) is 30.9 Å². The van der Waals surface area contributed by atoms with E-state index in [1.54, 1.807) is 19.1 Å². The minimum Gasteiger partial charge on any atom is -0.384 e. The SMILES string of the molecule is CCNc1ccc(Cl)cc1NC(=O)C(C)n1cncn1. The fraction of sp³-hybridized carbons (Fsp3) is 0.308. The zero-order valence-electron chi connectivity index (χ0n) is 11.3. The van der Waals surface area contributed by atoms with Crippen molar-refractivity contribution in [1.82, 2.24) is 14.8 Å². The van der Waals surface area contributed by atoms with Crippen LogP contribution in [-0.2, 0) is 4.79 Å². The topological polar surface area (TPSA) is 71.8 Å². The first kappa shape index (κ1) is 14.3. The van der Waals surface area contributed by atoms with Crippen molar-refractivity contribution in [3.8, 4) is 0 Å². The highest BCUT2D eigenvalue weighted by atomic mass is 35.5. The third kappa shape index (κ3) is 3.27. The van der Waals surface area contributed by atoms with Crippen molar-refractivity contribution in [1.29, 1.82) is 0 Å². The number of hydrogen-bond donors (Lipinski definition) is 2. The van der Waals surface area contributed by atoms with Crippen molar-refractivity contribution in [2.45, 2.75) is 19.9 Å². The minimum absolute atomic E-state index is 0.183. The van der Waals surface area contributed by atoms with E-state index in [9.17, 15) is 4.79 Å². The second kappa shape index (κ2) is 6.38. The zero-order valence-corrected chi connectivity index (χ0v) is 12.1. The molecule has 1 heterocycles. The number of nitrogens with one attached hydrogen (secondary N) is 2. The molecule has 106 valence electrons. The van der Waals surface area contributed by atoms with Crippen molar-refractivity contribution in [3.05, 3.63) is 35.9 Å². The summed E-state index contributed by atoms with van der Waals surface area (Å²) in [5.74, 6) is -0.183. The third-order valence-electron chi connectivity index (χ3n) is 2.82. The van der Waals surface area contributed by atoms with E-state index in [2.05, 4.69) is 20.7 Å². The highest BCUT2D eigenvalue weighted by Gasteiger charge is 2.17. The fourth-order valence-corrected chi connectivity index (χ4v) is 1.91. The average molecular weight is 294 g/mol.